The van der Waals surface area contributed by atoms with Gasteiger partial charge in [0, 0.05) is 39.3 Å². The van der Waals surface area contributed by atoms with E-state index in [4.69, 9.17) is 14.2 Å². The van der Waals surface area contributed by atoms with E-state index in [-0.39, 0.29) is 54.1 Å². The van der Waals surface area contributed by atoms with Gasteiger partial charge in [-0.2, -0.15) is 0 Å². The maximum atomic E-state index is 13.5. The van der Waals surface area contributed by atoms with E-state index in [1.807, 2.05) is 20.8 Å². The standard InChI is InChI=1S/C73H100N6O12S3/c1-46-22-28-52(29-23-46)92(83,84)77-65(80)74-34-37-89-62-55(40-49(68(4,5)6)43-58(62)71(13,14)15)61(56-41-50(69(7,8)9)44-59(72(16,17)18)63(56)90-38-35-75-66(81)78-93(85,86)53-30-24-47(2)25-31-53)57-42-51(70(10,11)12)45-60(73(19,20)21)64(57)91-39-36-76-67(82)79-94(87,88)54-32-26-48(3)27-33-54/h22-33,40-45,61H,34-39H2,1-21H3,(H2,74,77,80)(H2,75,78,81)(H2,76,79,82). The summed E-state index contributed by atoms with van der Waals surface area (Å²) in [5.74, 6) is 0.512. The molecule has 0 aromatic heterocycles. The fourth-order valence-corrected chi connectivity index (χ4v) is 13.1. The molecule has 0 fully saturated rings. The molecule has 6 aromatic carbocycles. The van der Waals surface area contributed by atoms with Gasteiger partial charge in [-0.1, -0.05) is 214 Å². The Hall–Kier alpha value is -7.62. The molecule has 0 radical (unpaired) electrons. The summed E-state index contributed by atoms with van der Waals surface area (Å²) in [5.41, 5.74) is 6.57. The Kier molecular flexibility index (Phi) is 23.1. The van der Waals surface area contributed by atoms with E-state index in [0.717, 1.165) is 50.1 Å². The summed E-state index contributed by atoms with van der Waals surface area (Å²) >= 11 is 0. The number of aryl methyl sites for hydroxylation is 3. The van der Waals surface area contributed by atoms with Gasteiger partial charge in [0.2, 0.25) is 0 Å². The van der Waals surface area contributed by atoms with Crippen LogP contribution in [0.5, 0.6) is 17.2 Å². The Morgan fingerprint density at radius 3 is 0.745 bits per heavy atom. The number of rotatable bonds is 21. The molecule has 6 aromatic rings. The number of sulfonamides is 3. The average molecular weight is 1350 g/mol. The molecule has 0 spiro atoms. The number of benzene rings is 6. The molecule has 94 heavy (non-hydrogen) atoms. The van der Waals surface area contributed by atoms with Crippen molar-refractivity contribution in [2.45, 2.75) is 198 Å². The normalized spacial score (nSPS) is 12.8. The molecule has 0 bridgehead atoms. The Morgan fingerprint density at radius 1 is 0.340 bits per heavy atom. The van der Waals surface area contributed by atoms with Crippen LogP contribution in [0.3, 0.4) is 0 Å². The lowest BCUT2D eigenvalue weighted by Gasteiger charge is -2.37. The number of amides is 6. The largest absolute Gasteiger partial charge is 0.491 e. The molecule has 0 aliphatic carbocycles. The van der Waals surface area contributed by atoms with Crippen LogP contribution in [0.1, 0.15) is 197 Å². The van der Waals surface area contributed by atoms with Crippen molar-refractivity contribution >= 4 is 48.2 Å². The number of urea groups is 3. The van der Waals surface area contributed by atoms with Gasteiger partial charge in [-0.05, 0) is 106 Å². The molecule has 512 valence electrons. The number of nitrogens with one attached hydrogen (secondary N) is 6. The average Bonchev–Trinajstić information content (AvgIpc) is 0.487. The van der Waals surface area contributed by atoms with Crippen molar-refractivity contribution in [3.63, 3.8) is 0 Å². The van der Waals surface area contributed by atoms with Crippen molar-refractivity contribution < 1.29 is 53.8 Å². The first-order chi connectivity index (χ1) is 43.1. The maximum Gasteiger partial charge on any atom is 0.328 e. The first-order valence-electron chi connectivity index (χ1n) is 31.7. The van der Waals surface area contributed by atoms with Gasteiger partial charge in [-0.3, -0.25) is 0 Å². The predicted octanol–water partition coefficient (Wildman–Crippen LogP) is 13.8. The zero-order chi connectivity index (χ0) is 70.5. The summed E-state index contributed by atoms with van der Waals surface area (Å²) < 4.78 is 108. The fraction of sp³-hybridized carbons (Fsp3) is 0.466. The summed E-state index contributed by atoms with van der Waals surface area (Å²) in [6.45, 7) is 42.7. The Bertz CT molecular complexity index is 3650. The molecule has 0 heterocycles. The van der Waals surface area contributed by atoms with E-state index < -0.39 is 86.6 Å². The zero-order valence-electron chi connectivity index (χ0n) is 58.8. The number of hydrogen-bond donors (Lipinski definition) is 6. The van der Waals surface area contributed by atoms with E-state index in [2.05, 4.69) is 191 Å². The molecule has 0 aliphatic heterocycles. The van der Waals surface area contributed by atoms with Gasteiger partial charge >= 0.3 is 18.1 Å². The molecule has 6 rings (SSSR count). The molecule has 0 atom stereocenters. The highest BCUT2D eigenvalue weighted by Gasteiger charge is 2.39. The Balaban J connectivity index is 1.65. The maximum absolute atomic E-state index is 13.5. The number of carbonyl (C=O) groups is 3. The SMILES string of the molecule is Cc1ccc(S(=O)(=O)NC(=O)NCCOc2c(C(c3cc(C(C)(C)C)cc(C(C)(C)C)c3OCCNC(=O)NS(=O)(=O)c3ccc(C)cc3)c3cc(C(C)(C)C)cc(C(C)(C)C)c3OCCNC(=O)NS(=O)(=O)c3ccc(C)cc3)cc(C(C)(C)C)cc2C(C)(C)C)cc1. The van der Waals surface area contributed by atoms with Gasteiger partial charge in [0.25, 0.3) is 30.1 Å². The topological polar surface area (TPSA) is 253 Å². The molecule has 0 unspecified atom stereocenters. The highest BCUT2D eigenvalue weighted by molar-refractivity contribution is 7.90. The Morgan fingerprint density at radius 2 is 0.553 bits per heavy atom. The molecule has 0 saturated heterocycles. The number of carbonyl (C=O) groups excluding carboxylic acids is 3. The number of ether oxygens (including phenoxy) is 3. The molecule has 0 aliphatic rings. The smallest absolute Gasteiger partial charge is 0.328 e. The third-order valence-corrected chi connectivity index (χ3v) is 19.9. The van der Waals surface area contributed by atoms with Crippen LogP contribution in [0.25, 0.3) is 0 Å². The fourth-order valence-electron chi connectivity index (χ4n) is 10.3. The zero-order valence-corrected chi connectivity index (χ0v) is 61.3. The van der Waals surface area contributed by atoms with Crippen molar-refractivity contribution in [2.75, 3.05) is 39.5 Å². The highest BCUT2D eigenvalue weighted by Crippen LogP contribution is 2.54. The molecular formula is C73H100N6O12S3. The van der Waals surface area contributed by atoms with Gasteiger partial charge in [-0.15, -0.1) is 0 Å². The second-order valence-corrected chi connectivity index (χ2v) is 35.4. The number of hydrogen-bond acceptors (Lipinski definition) is 12. The lowest BCUT2D eigenvalue weighted by atomic mass is 9.70. The predicted molar refractivity (Wildman–Crippen MR) is 374 cm³/mol. The summed E-state index contributed by atoms with van der Waals surface area (Å²) in [5, 5.41) is 8.10. The first kappa shape index (κ1) is 75.4. The van der Waals surface area contributed by atoms with Crippen molar-refractivity contribution in [3.05, 3.63) is 176 Å². The van der Waals surface area contributed by atoms with E-state index in [1.165, 1.54) is 36.4 Å². The van der Waals surface area contributed by atoms with Gasteiger partial charge in [0.05, 0.1) is 34.3 Å². The minimum Gasteiger partial charge on any atom is -0.491 e. The van der Waals surface area contributed by atoms with E-state index >= 15 is 0 Å². The van der Waals surface area contributed by atoms with Crippen LogP contribution < -0.4 is 44.3 Å². The van der Waals surface area contributed by atoms with E-state index in [9.17, 15) is 39.6 Å². The molecule has 6 amide bonds. The van der Waals surface area contributed by atoms with Crippen LogP contribution in [0.15, 0.2) is 124 Å². The third-order valence-electron chi connectivity index (χ3n) is 15.9. The first-order valence-corrected chi connectivity index (χ1v) is 36.1. The summed E-state index contributed by atoms with van der Waals surface area (Å²) in [6, 6.07) is 28.4. The monoisotopic (exact) mass is 1350 g/mol. The molecule has 6 N–H and O–H groups in total. The van der Waals surface area contributed by atoms with Crippen LogP contribution in [0.4, 0.5) is 14.4 Å². The second-order valence-electron chi connectivity index (χ2n) is 30.3. The van der Waals surface area contributed by atoms with Gasteiger partial charge in [0.15, 0.2) is 0 Å². The Labute approximate surface area is 560 Å². The molecule has 0 saturated carbocycles. The van der Waals surface area contributed by atoms with E-state index in [0.29, 0.717) is 33.9 Å². The molecular weight excluding hydrogens is 1250 g/mol. The van der Waals surface area contributed by atoms with Crippen LogP contribution in [0, 0.1) is 20.8 Å². The van der Waals surface area contributed by atoms with Crippen molar-refractivity contribution in [3.8, 4) is 17.2 Å². The molecule has 18 nitrogen and oxygen atoms in total. The second kappa shape index (κ2) is 28.8. The van der Waals surface area contributed by atoms with E-state index in [1.54, 1.807) is 36.4 Å². The minimum atomic E-state index is -4.24. The quantitative estimate of drug-likeness (QED) is 0.0291. The third kappa shape index (κ3) is 19.7. The van der Waals surface area contributed by atoms with Crippen LogP contribution in [0.2, 0.25) is 0 Å². The van der Waals surface area contributed by atoms with Gasteiger partial charge < -0.3 is 30.2 Å². The highest BCUT2D eigenvalue weighted by atomic mass is 32.2. The lowest BCUT2D eigenvalue weighted by Crippen LogP contribution is -2.41. The van der Waals surface area contributed by atoms with Gasteiger partial charge in [0.1, 0.15) is 37.1 Å². The van der Waals surface area contributed by atoms with Crippen LogP contribution >= 0.6 is 0 Å². The lowest BCUT2D eigenvalue weighted by molar-refractivity contribution is 0.240. The van der Waals surface area contributed by atoms with Crippen molar-refractivity contribution in [1.29, 1.82) is 0 Å². The van der Waals surface area contributed by atoms with Crippen molar-refractivity contribution in [2.24, 2.45) is 0 Å². The summed E-state index contributed by atoms with van der Waals surface area (Å²) in [7, 11) is -12.7. The summed E-state index contributed by atoms with van der Waals surface area (Å²) in [6.07, 6.45) is 0. The van der Waals surface area contributed by atoms with Crippen molar-refractivity contribution in [1.82, 2.24) is 30.1 Å². The van der Waals surface area contributed by atoms with Gasteiger partial charge in [-0.25, -0.2) is 53.8 Å². The molecule has 21 heteroatoms. The minimum absolute atomic E-state index is 0.0758. The van der Waals surface area contributed by atoms with Crippen LogP contribution in [-0.4, -0.2) is 82.8 Å². The van der Waals surface area contributed by atoms with Crippen LogP contribution in [-0.2, 0) is 62.6 Å². The summed E-state index contributed by atoms with van der Waals surface area (Å²) in [4.78, 5) is 40.3.